The maximum absolute atomic E-state index is 10.8. The van der Waals surface area contributed by atoms with Crippen LogP contribution in [0.1, 0.15) is 59.6 Å². The van der Waals surface area contributed by atoms with Crippen LogP contribution in [0.15, 0.2) is 42.4 Å². The van der Waals surface area contributed by atoms with Crippen LogP contribution in [-0.4, -0.2) is 23.4 Å². The van der Waals surface area contributed by atoms with E-state index in [1.807, 2.05) is 64.0 Å². The third kappa shape index (κ3) is 4.50. The summed E-state index contributed by atoms with van der Waals surface area (Å²) in [5, 5.41) is 10.8. The third-order valence-corrected chi connectivity index (χ3v) is 5.08. The Kier molecular flexibility index (Phi) is 5.95. The van der Waals surface area contributed by atoms with Gasteiger partial charge < -0.3 is 14.4 Å². The summed E-state index contributed by atoms with van der Waals surface area (Å²) in [6, 6.07) is 9.83. The zero-order valence-corrected chi connectivity index (χ0v) is 15.8. The summed E-state index contributed by atoms with van der Waals surface area (Å²) in [5.74, 6) is 2.48. The molecule has 4 heteroatoms. The highest BCUT2D eigenvalue weighted by Crippen LogP contribution is 2.37. The molecule has 1 fully saturated rings. The highest BCUT2D eigenvalue weighted by molar-refractivity contribution is 6.51. The monoisotopic (exact) mass is 330 g/mol. The summed E-state index contributed by atoms with van der Waals surface area (Å²) in [6.45, 7) is 12.5. The maximum atomic E-state index is 10.8. The van der Waals surface area contributed by atoms with Gasteiger partial charge in [-0.3, -0.25) is 0 Å². The standard InChI is InChI=1S/C20H31BO3/c1-15(2)14-17(18(22)16-10-8-7-9-11-16)12-13-21-23-19(3,4)20(5,6)24-21/h7-13,15,17-18,22H,14H2,1-6H3/b13-12+/t17-,18-/m0/s1. The van der Waals surface area contributed by atoms with Gasteiger partial charge >= 0.3 is 7.12 Å². The minimum absolute atomic E-state index is 0.0337. The Morgan fingerprint density at radius 1 is 1.04 bits per heavy atom. The van der Waals surface area contributed by atoms with Crippen molar-refractivity contribution in [3.8, 4) is 0 Å². The lowest BCUT2D eigenvalue weighted by atomic mass is 9.82. The summed E-state index contributed by atoms with van der Waals surface area (Å²) < 4.78 is 12.0. The molecule has 0 amide bonds. The zero-order valence-electron chi connectivity index (χ0n) is 15.8. The van der Waals surface area contributed by atoms with Gasteiger partial charge in [-0.15, -0.1) is 0 Å². The summed E-state index contributed by atoms with van der Waals surface area (Å²) in [4.78, 5) is 0. The minimum atomic E-state index is -0.521. The van der Waals surface area contributed by atoms with Gasteiger partial charge in [0.2, 0.25) is 0 Å². The molecular formula is C20H31BO3. The number of rotatable bonds is 6. The number of benzene rings is 1. The fourth-order valence-electron chi connectivity index (χ4n) is 2.96. The van der Waals surface area contributed by atoms with E-state index in [2.05, 4.69) is 19.9 Å². The molecule has 0 bridgehead atoms. The van der Waals surface area contributed by atoms with Gasteiger partial charge in [0.05, 0.1) is 17.3 Å². The van der Waals surface area contributed by atoms with Gasteiger partial charge in [0.1, 0.15) is 0 Å². The maximum Gasteiger partial charge on any atom is 0.486 e. The second kappa shape index (κ2) is 7.43. The molecule has 0 aromatic heterocycles. The second-order valence-corrected chi connectivity index (χ2v) is 8.16. The lowest BCUT2D eigenvalue weighted by Crippen LogP contribution is -2.41. The Balaban J connectivity index is 2.12. The van der Waals surface area contributed by atoms with Gasteiger partial charge in [0.25, 0.3) is 0 Å². The first-order valence-corrected chi connectivity index (χ1v) is 8.89. The average Bonchev–Trinajstić information content (AvgIpc) is 2.71. The topological polar surface area (TPSA) is 38.7 Å². The first-order valence-electron chi connectivity index (χ1n) is 8.89. The first kappa shape index (κ1) is 19.2. The molecule has 1 aromatic carbocycles. The molecule has 1 saturated heterocycles. The zero-order chi connectivity index (χ0) is 18.0. The van der Waals surface area contributed by atoms with Crippen molar-refractivity contribution in [2.75, 3.05) is 0 Å². The van der Waals surface area contributed by atoms with Crippen molar-refractivity contribution in [3.63, 3.8) is 0 Å². The average molecular weight is 330 g/mol. The predicted molar refractivity (Wildman–Crippen MR) is 99.6 cm³/mol. The molecule has 0 radical (unpaired) electrons. The van der Waals surface area contributed by atoms with Gasteiger partial charge in [-0.1, -0.05) is 56.2 Å². The highest BCUT2D eigenvalue weighted by atomic mass is 16.7. The summed E-state index contributed by atoms with van der Waals surface area (Å²) in [7, 11) is -0.368. The molecular weight excluding hydrogens is 299 g/mol. The van der Waals surface area contributed by atoms with Gasteiger partial charge in [-0.2, -0.15) is 0 Å². The van der Waals surface area contributed by atoms with Crippen molar-refractivity contribution in [1.29, 1.82) is 0 Å². The molecule has 0 spiro atoms. The van der Waals surface area contributed by atoms with Crippen molar-refractivity contribution in [1.82, 2.24) is 0 Å². The van der Waals surface area contributed by atoms with Gasteiger partial charge in [0, 0.05) is 5.92 Å². The summed E-state index contributed by atoms with van der Waals surface area (Å²) in [6.07, 6.45) is 2.44. The Hall–Kier alpha value is -1.10. The van der Waals surface area contributed by atoms with Crippen LogP contribution < -0.4 is 0 Å². The van der Waals surface area contributed by atoms with Crippen molar-refractivity contribution >= 4 is 7.12 Å². The van der Waals surface area contributed by atoms with Gasteiger partial charge in [0.15, 0.2) is 0 Å². The third-order valence-electron chi connectivity index (χ3n) is 5.08. The number of hydrogen-bond acceptors (Lipinski definition) is 3. The van der Waals surface area contributed by atoms with Crippen molar-refractivity contribution in [2.45, 2.75) is 65.3 Å². The van der Waals surface area contributed by atoms with E-state index in [4.69, 9.17) is 9.31 Å². The van der Waals surface area contributed by atoms with Gasteiger partial charge in [-0.05, 0) is 45.6 Å². The van der Waals surface area contributed by atoms with E-state index in [1.165, 1.54) is 0 Å². The van der Waals surface area contributed by atoms with E-state index < -0.39 is 6.10 Å². The Labute approximate surface area is 147 Å². The SMILES string of the molecule is CC(C)C[C@H](/C=C/B1OC(C)(C)C(C)(C)O1)[C@@H](O)c1ccccc1. The van der Waals surface area contributed by atoms with Crippen LogP contribution in [0, 0.1) is 11.8 Å². The molecule has 1 aromatic rings. The van der Waals surface area contributed by atoms with Crippen LogP contribution in [0.3, 0.4) is 0 Å². The number of hydrogen-bond donors (Lipinski definition) is 1. The normalized spacial score (nSPS) is 22.2. The van der Waals surface area contributed by atoms with E-state index in [-0.39, 0.29) is 24.2 Å². The van der Waals surface area contributed by atoms with Crippen LogP contribution in [0.25, 0.3) is 0 Å². The van der Waals surface area contributed by atoms with E-state index >= 15 is 0 Å². The molecule has 1 N–H and O–H groups in total. The minimum Gasteiger partial charge on any atom is -0.400 e. The Morgan fingerprint density at radius 2 is 1.58 bits per heavy atom. The molecule has 2 rings (SSSR count). The van der Waals surface area contributed by atoms with Crippen LogP contribution in [-0.2, 0) is 9.31 Å². The lowest BCUT2D eigenvalue weighted by molar-refractivity contribution is 0.00578. The van der Waals surface area contributed by atoms with Crippen molar-refractivity contribution in [3.05, 3.63) is 47.9 Å². The molecule has 0 aliphatic carbocycles. The molecule has 24 heavy (non-hydrogen) atoms. The molecule has 1 aliphatic heterocycles. The van der Waals surface area contributed by atoms with Crippen LogP contribution in [0.2, 0.25) is 0 Å². The van der Waals surface area contributed by atoms with Crippen LogP contribution in [0.5, 0.6) is 0 Å². The smallest absolute Gasteiger partial charge is 0.400 e. The van der Waals surface area contributed by atoms with Gasteiger partial charge in [-0.25, -0.2) is 0 Å². The van der Waals surface area contributed by atoms with E-state index in [0.29, 0.717) is 5.92 Å². The summed E-state index contributed by atoms with van der Waals surface area (Å²) >= 11 is 0. The lowest BCUT2D eigenvalue weighted by Gasteiger charge is -2.32. The first-order chi connectivity index (χ1) is 11.1. The molecule has 1 heterocycles. The predicted octanol–water partition coefficient (Wildman–Crippen LogP) is 4.57. The Morgan fingerprint density at radius 3 is 2.08 bits per heavy atom. The van der Waals surface area contributed by atoms with E-state index in [0.717, 1.165) is 12.0 Å². The summed E-state index contributed by atoms with van der Waals surface area (Å²) in [5.41, 5.74) is 0.267. The van der Waals surface area contributed by atoms with Crippen molar-refractivity contribution < 1.29 is 14.4 Å². The second-order valence-electron chi connectivity index (χ2n) is 8.16. The van der Waals surface area contributed by atoms with E-state index in [1.54, 1.807) is 0 Å². The fourth-order valence-corrected chi connectivity index (χ4v) is 2.96. The van der Waals surface area contributed by atoms with Crippen LogP contribution in [0.4, 0.5) is 0 Å². The highest BCUT2D eigenvalue weighted by Gasteiger charge is 2.50. The Bertz CT molecular complexity index is 535. The van der Waals surface area contributed by atoms with E-state index in [9.17, 15) is 5.11 Å². The fraction of sp³-hybridized carbons (Fsp3) is 0.600. The molecule has 0 unspecified atom stereocenters. The molecule has 1 aliphatic rings. The molecule has 3 nitrogen and oxygen atoms in total. The number of aliphatic hydroxyl groups is 1. The molecule has 0 saturated carbocycles. The molecule has 132 valence electrons. The number of aliphatic hydroxyl groups excluding tert-OH is 1. The molecule has 2 atom stereocenters. The van der Waals surface area contributed by atoms with Crippen molar-refractivity contribution in [2.24, 2.45) is 11.8 Å². The largest absolute Gasteiger partial charge is 0.486 e. The van der Waals surface area contributed by atoms with Crippen LogP contribution >= 0.6 is 0 Å². The quantitative estimate of drug-likeness (QED) is 0.777.